The van der Waals surface area contributed by atoms with Gasteiger partial charge in [-0.15, -0.1) is 0 Å². The van der Waals surface area contributed by atoms with E-state index in [0.29, 0.717) is 25.7 Å². The van der Waals surface area contributed by atoms with Gasteiger partial charge in [-0.3, -0.25) is 9.59 Å². The van der Waals surface area contributed by atoms with Gasteiger partial charge < -0.3 is 97.3 Å². The van der Waals surface area contributed by atoms with Gasteiger partial charge in [-0.05, 0) is 109 Å². The number of carbonyl (C=O) groups is 2. The third-order valence-electron chi connectivity index (χ3n) is 20.3. The Morgan fingerprint density at radius 2 is 1.25 bits per heavy atom. The molecule has 0 amide bonds. The molecule has 77 heavy (non-hydrogen) atoms. The van der Waals surface area contributed by atoms with Gasteiger partial charge in [-0.2, -0.15) is 0 Å². The second kappa shape index (κ2) is 24.2. The molecule has 444 valence electrons. The van der Waals surface area contributed by atoms with Crippen molar-refractivity contribution in [2.24, 2.45) is 34.5 Å². The van der Waals surface area contributed by atoms with Crippen LogP contribution in [0, 0.1) is 34.5 Å². The van der Waals surface area contributed by atoms with Crippen LogP contribution in [0.5, 0.6) is 0 Å². The Bertz CT molecular complexity index is 1980. The van der Waals surface area contributed by atoms with E-state index in [-0.39, 0.29) is 48.0 Å². The van der Waals surface area contributed by atoms with Crippen molar-refractivity contribution in [2.75, 3.05) is 27.9 Å². The Balaban J connectivity index is 0.859. The zero-order chi connectivity index (χ0) is 56.3. The lowest BCUT2D eigenvalue weighted by atomic mass is 9.42. The predicted octanol–water partition coefficient (Wildman–Crippen LogP) is 2.16. The number of aliphatic hydroxyl groups excluding tert-OH is 5. The van der Waals surface area contributed by atoms with E-state index in [0.717, 1.165) is 32.1 Å². The van der Waals surface area contributed by atoms with Gasteiger partial charge in [0.2, 0.25) is 0 Å². The van der Waals surface area contributed by atoms with E-state index < -0.39 is 158 Å². The van der Waals surface area contributed by atoms with E-state index >= 15 is 0 Å². The number of carbonyl (C=O) groups excluding carboxylic acids is 2. The summed E-state index contributed by atoms with van der Waals surface area (Å²) in [5.74, 6) is -1.16. The molecule has 8 fully saturated rings. The maximum Gasteiger partial charge on any atom is 0.309 e. The molecule has 22 heteroatoms. The second-order valence-electron chi connectivity index (χ2n) is 24.3. The second-order valence-corrected chi connectivity index (χ2v) is 24.3. The fourth-order valence-corrected chi connectivity index (χ4v) is 15.4. The molecule has 8 rings (SSSR count). The van der Waals surface area contributed by atoms with Crippen LogP contribution in [-0.2, 0) is 71.2 Å². The topological polar surface area (TPSA) is 296 Å². The summed E-state index contributed by atoms with van der Waals surface area (Å²) in [6.45, 7) is 15.6. The minimum absolute atomic E-state index is 0.00134. The van der Waals surface area contributed by atoms with Crippen molar-refractivity contribution in [1.29, 1.82) is 0 Å². The molecule has 4 saturated carbocycles. The predicted molar refractivity (Wildman–Crippen MR) is 268 cm³/mol. The number of hydrogen-bond donors (Lipinski definition) is 7. The molecule has 22 nitrogen and oxygen atoms in total. The van der Waals surface area contributed by atoms with E-state index in [4.69, 9.17) is 61.6 Å². The average Bonchev–Trinajstić information content (AvgIpc) is 3.92. The number of fused-ring (bicyclic) bond motifs is 5. The summed E-state index contributed by atoms with van der Waals surface area (Å²) in [7, 11) is 4.55. The van der Waals surface area contributed by atoms with E-state index in [1.165, 1.54) is 14.0 Å². The lowest BCUT2D eigenvalue weighted by molar-refractivity contribution is -0.373. The smallest absolute Gasteiger partial charge is 0.309 e. The maximum absolute atomic E-state index is 13.1. The third-order valence-corrected chi connectivity index (χ3v) is 20.3. The summed E-state index contributed by atoms with van der Waals surface area (Å²) in [4.78, 5) is 25.9. The lowest BCUT2D eigenvalue weighted by Crippen LogP contribution is -2.72. The molecular weight excluding hydrogens is 1010 g/mol. The summed E-state index contributed by atoms with van der Waals surface area (Å²) in [5.41, 5.74) is -4.51. The molecule has 1 unspecified atom stereocenters. The summed E-state index contributed by atoms with van der Waals surface area (Å²) in [6.07, 6.45) is -13.5. The number of aliphatic hydroxyl groups is 7. The monoisotopic (exact) mass is 1100 g/mol. The summed E-state index contributed by atoms with van der Waals surface area (Å²) < 4.78 is 80.2. The molecule has 0 bridgehead atoms. The zero-order valence-corrected chi connectivity index (χ0v) is 47.2. The molecular formula is C55H92O22. The van der Waals surface area contributed by atoms with Crippen LogP contribution in [0.15, 0.2) is 0 Å². The van der Waals surface area contributed by atoms with Crippen LogP contribution in [-0.4, -0.2) is 216 Å². The quantitative estimate of drug-likeness (QED) is 0.0811. The van der Waals surface area contributed by atoms with Crippen molar-refractivity contribution in [1.82, 2.24) is 0 Å². The lowest BCUT2D eigenvalue weighted by Gasteiger charge is -2.66. The number of rotatable bonds is 17. The molecule has 0 aromatic carbocycles. The fraction of sp³-hybridized carbons (Fsp3) is 0.964. The number of ether oxygens (including phenoxy) is 13. The maximum atomic E-state index is 13.1. The van der Waals surface area contributed by atoms with Crippen molar-refractivity contribution in [3.8, 4) is 0 Å². The highest BCUT2D eigenvalue weighted by Crippen LogP contribution is 2.71. The van der Waals surface area contributed by atoms with E-state index in [2.05, 4.69) is 6.92 Å². The molecule has 4 saturated heterocycles. The molecule has 29 atom stereocenters. The molecule has 0 spiro atoms. The Labute approximate surface area is 453 Å². The molecule has 8 aliphatic rings. The van der Waals surface area contributed by atoms with Crippen LogP contribution in [0.25, 0.3) is 0 Å². The van der Waals surface area contributed by atoms with Gasteiger partial charge in [0.15, 0.2) is 25.2 Å². The summed E-state index contributed by atoms with van der Waals surface area (Å²) in [6, 6.07) is 0. The normalized spacial score (nSPS) is 50.9. The van der Waals surface area contributed by atoms with Gasteiger partial charge in [0, 0.05) is 41.1 Å². The van der Waals surface area contributed by atoms with Crippen molar-refractivity contribution in [3.63, 3.8) is 0 Å². The highest BCUT2D eigenvalue weighted by Gasteiger charge is 2.77. The zero-order valence-electron chi connectivity index (χ0n) is 47.2. The van der Waals surface area contributed by atoms with Gasteiger partial charge in [0.05, 0.1) is 60.2 Å². The van der Waals surface area contributed by atoms with E-state index in [1.54, 1.807) is 41.9 Å². The molecule has 4 heterocycles. The van der Waals surface area contributed by atoms with Crippen LogP contribution < -0.4 is 0 Å². The molecule has 7 N–H and O–H groups in total. The highest BCUT2D eigenvalue weighted by atomic mass is 16.8. The molecule has 0 radical (unpaired) electrons. The van der Waals surface area contributed by atoms with Crippen molar-refractivity contribution >= 4 is 11.9 Å². The van der Waals surface area contributed by atoms with Crippen LogP contribution in [0.1, 0.15) is 133 Å². The van der Waals surface area contributed by atoms with Gasteiger partial charge in [0.25, 0.3) is 0 Å². The van der Waals surface area contributed by atoms with Crippen molar-refractivity contribution in [2.45, 2.75) is 273 Å². The third kappa shape index (κ3) is 11.2. The molecule has 0 aromatic heterocycles. The fourth-order valence-electron chi connectivity index (χ4n) is 15.4. The molecule has 4 aliphatic carbocycles. The van der Waals surface area contributed by atoms with Crippen LogP contribution >= 0.6 is 0 Å². The van der Waals surface area contributed by atoms with Crippen LogP contribution in [0.3, 0.4) is 0 Å². The minimum Gasteiger partial charge on any atom is -0.462 e. The molecule has 0 aromatic rings. The SMILES string of the molecule is CCC(C)C(=O)O[C@@H](C)[C@]1(O)CC[C@]2(O)[C@@H]3CC[C@H]4C[C@@H](O[C@H]5C[C@H](OC)[C@H](O[C@H]6C[C@@H](OC)[C@H](O[C@@H]7O[C@H](C)[C@@H](O[C@@H]8O[C@H](CO)[C@@H](O)[C@H](O)[C@H]8O)[C@@H](OC)[C@H]7O)[C@@H](C)O6)[C@@H](C)O5)CC[C@]4(C)[C@H]3C[C@@H](OC(C)=O)[C@]12C. The Kier molecular flexibility index (Phi) is 19.3. The standard InChI is InChI=1S/C55H92O22/c1-13-25(2)49(62)71-29(6)54(63)18-19-55(64)33-15-14-31-20-32(16-17-52(31,8)34(33)21-38(53(54,55)9)72-30(7)57)73-39-22-35(65-10)45(26(3)68-39)75-40-23-36(66-11)46(27(4)69-40)76-51-44(61)48(67-12)47(28(5)70-51)77-50-43(60)42(59)41(58)37(24-56)74-50/h25-29,31-48,50-51,56,58-61,63-64H,13-24H2,1-12H3/t25?,26-,27-,28-,29+,31+,32+,33-,34+,35+,36-,37-,38-,39+,40+,41-,42+,43-,44-,45-,46-,47-,48+,50+,51+,52+,53-,54-,55+/m1/s1. The van der Waals surface area contributed by atoms with E-state index in [9.17, 15) is 45.3 Å². The Hall–Kier alpha value is -1.78. The number of methoxy groups -OCH3 is 3. The first-order valence-electron chi connectivity index (χ1n) is 28.3. The van der Waals surface area contributed by atoms with Crippen molar-refractivity contribution < 1.29 is 107 Å². The van der Waals surface area contributed by atoms with Crippen LogP contribution in [0.4, 0.5) is 0 Å². The van der Waals surface area contributed by atoms with Crippen LogP contribution in [0.2, 0.25) is 0 Å². The summed E-state index contributed by atoms with van der Waals surface area (Å²) >= 11 is 0. The molecule has 4 aliphatic heterocycles. The van der Waals surface area contributed by atoms with E-state index in [1.807, 2.05) is 20.8 Å². The number of hydrogen-bond acceptors (Lipinski definition) is 22. The Morgan fingerprint density at radius 3 is 1.84 bits per heavy atom. The minimum atomic E-state index is -1.67. The first kappa shape index (κ1) is 61.3. The highest BCUT2D eigenvalue weighted by molar-refractivity contribution is 5.72. The van der Waals surface area contributed by atoms with Crippen molar-refractivity contribution in [3.05, 3.63) is 0 Å². The van der Waals surface area contributed by atoms with Gasteiger partial charge >= 0.3 is 11.9 Å². The summed E-state index contributed by atoms with van der Waals surface area (Å²) in [5, 5.41) is 78.1. The number of esters is 2. The largest absolute Gasteiger partial charge is 0.462 e. The van der Waals surface area contributed by atoms with Gasteiger partial charge in [-0.1, -0.05) is 27.7 Å². The Morgan fingerprint density at radius 1 is 0.649 bits per heavy atom. The first-order chi connectivity index (χ1) is 36.3. The van der Waals surface area contributed by atoms with Gasteiger partial charge in [0.1, 0.15) is 72.7 Å². The first-order valence-corrected chi connectivity index (χ1v) is 28.3. The average molecular weight is 1110 g/mol. The van der Waals surface area contributed by atoms with Gasteiger partial charge in [-0.25, -0.2) is 0 Å².